The van der Waals surface area contributed by atoms with Gasteiger partial charge in [-0.2, -0.15) is 0 Å². The van der Waals surface area contributed by atoms with Gasteiger partial charge in [0.1, 0.15) is 17.8 Å². The predicted molar refractivity (Wildman–Crippen MR) is 78.5 cm³/mol. The summed E-state index contributed by atoms with van der Waals surface area (Å²) in [5.41, 5.74) is -1.11. The Morgan fingerprint density at radius 2 is 2.22 bits per heavy atom. The minimum atomic E-state index is -0.731. The van der Waals surface area contributed by atoms with Crippen molar-refractivity contribution in [2.75, 3.05) is 13.2 Å². The van der Waals surface area contributed by atoms with Crippen LogP contribution in [0.1, 0.15) is 33.6 Å². The van der Waals surface area contributed by atoms with E-state index in [-0.39, 0.29) is 37.0 Å². The van der Waals surface area contributed by atoms with E-state index in [1.165, 1.54) is 6.92 Å². The van der Waals surface area contributed by atoms with Crippen molar-refractivity contribution in [2.45, 2.75) is 57.5 Å². The third kappa shape index (κ3) is 1.64. The van der Waals surface area contributed by atoms with Gasteiger partial charge in [0.25, 0.3) is 0 Å². The molecule has 126 valence electrons. The number of rotatable bonds is 2. The highest BCUT2D eigenvalue weighted by atomic mass is 16.7. The first-order valence-electron chi connectivity index (χ1n) is 8.09. The molecule has 1 spiro atoms. The molecule has 23 heavy (non-hydrogen) atoms. The lowest BCUT2D eigenvalue weighted by Gasteiger charge is -2.56. The van der Waals surface area contributed by atoms with Crippen LogP contribution in [0.3, 0.4) is 0 Å². The van der Waals surface area contributed by atoms with Crippen LogP contribution in [0.5, 0.6) is 0 Å². The van der Waals surface area contributed by atoms with Crippen LogP contribution in [0.2, 0.25) is 0 Å². The smallest absolute Gasteiger partial charge is 0.302 e. The second-order valence-corrected chi connectivity index (χ2v) is 7.60. The molecule has 0 amide bonds. The van der Waals surface area contributed by atoms with Gasteiger partial charge in [0.2, 0.25) is 0 Å². The summed E-state index contributed by atoms with van der Waals surface area (Å²) < 4.78 is 17.6. The van der Waals surface area contributed by atoms with Crippen LogP contribution < -0.4 is 0 Å². The second-order valence-electron chi connectivity index (χ2n) is 7.60. The summed E-state index contributed by atoms with van der Waals surface area (Å²) in [5, 5.41) is 10.3. The topological polar surface area (TPSA) is 85.4 Å². The normalized spacial score (nSPS) is 50.5. The molecular weight excluding hydrogens is 300 g/mol. The van der Waals surface area contributed by atoms with Crippen molar-refractivity contribution in [3.63, 3.8) is 0 Å². The number of hydrogen-bond acceptors (Lipinski definition) is 6. The molecule has 2 aliphatic heterocycles. The molecule has 6 heteroatoms. The minimum Gasteiger partial charge on any atom is -0.460 e. The van der Waals surface area contributed by atoms with Crippen LogP contribution in [0, 0.1) is 10.8 Å². The number of fused-ring (bicyclic) bond motifs is 2. The molecule has 0 aromatic rings. The largest absolute Gasteiger partial charge is 0.460 e. The molecule has 4 aliphatic rings. The molecule has 6 atom stereocenters. The number of carbonyl (C=O) groups excluding carboxylic acids is 2. The maximum atomic E-state index is 12.4. The van der Waals surface area contributed by atoms with Gasteiger partial charge in [0.05, 0.1) is 19.3 Å². The molecule has 2 aliphatic carbocycles. The highest BCUT2D eigenvalue weighted by Gasteiger charge is 2.82. The first-order chi connectivity index (χ1) is 10.8. The highest BCUT2D eigenvalue weighted by Crippen LogP contribution is 2.71. The lowest BCUT2D eigenvalue weighted by Crippen LogP contribution is -2.65. The Morgan fingerprint density at radius 3 is 2.78 bits per heavy atom. The Balaban J connectivity index is 1.83. The zero-order chi connectivity index (χ0) is 16.6. The van der Waals surface area contributed by atoms with Gasteiger partial charge < -0.3 is 19.3 Å². The average molecular weight is 322 g/mol. The zero-order valence-corrected chi connectivity index (χ0v) is 13.6. The number of ether oxygens (including phenoxy) is 3. The quantitative estimate of drug-likeness (QED) is 0.597. The first kappa shape index (κ1) is 15.3. The Labute approximate surface area is 134 Å². The van der Waals surface area contributed by atoms with Crippen LogP contribution in [0.4, 0.5) is 0 Å². The fraction of sp³-hybridized carbons (Fsp3) is 0.765. The van der Waals surface area contributed by atoms with Crippen molar-refractivity contribution in [2.24, 2.45) is 10.8 Å². The average Bonchev–Trinajstić information content (AvgIpc) is 3.24. The molecule has 1 unspecified atom stereocenters. The van der Waals surface area contributed by atoms with Crippen molar-refractivity contribution in [1.82, 2.24) is 0 Å². The zero-order valence-electron chi connectivity index (χ0n) is 13.6. The van der Waals surface area contributed by atoms with E-state index >= 15 is 0 Å². The van der Waals surface area contributed by atoms with E-state index in [1.54, 1.807) is 6.92 Å². The number of carbonyl (C=O) groups is 2. The fourth-order valence-electron chi connectivity index (χ4n) is 5.16. The molecular formula is C17H22O6. The van der Waals surface area contributed by atoms with Gasteiger partial charge in [0, 0.05) is 24.2 Å². The van der Waals surface area contributed by atoms with E-state index in [9.17, 15) is 14.7 Å². The fourth-order valence-corrected chi connectivity index (χ4v) is 5.16. The highest BCUT2D eigenvalue weighted by molar-refractivity contribution is 5.96. The molecule has 1 N–H and O–H groups in total. The molecule has 2 saturated heterocycles. The van der Waals surface area contributed by atoms with E-state index in [1.807, 2.05) is 13.0 Å². The van der Waals surface area contributed by atoms with Gasteiger partial charge in [-0.15, -0.1) is 0 Å². The SMILES string of the molecule is CC(=O)OC1C[C@]2(C)[C@@]3(CO)CC(=O)C(C)=C[C@H]3O[C@H]1[C@]21CO1. The third-order valence-electron chi connectivity index (χ3n) is 6.65. The number of ketones is 1. The molecule has 2 bridgehead atoms. The molecule has 3 fully saturated rings. The lowest BCUT2D eigenvalue weighted by atomic mass is 9.52. The van der Waals surface area contributed by atoms with E-state index in [4.69, 9.17) is 14.2 Å². The summed E-state index contributed by atoms with van der Waals surface area (Å²) in [6, 6.07) is 0. The standard InChI is InChI=1S/C17H22O6/c1-9-4-13-16(7-18,5-11(9)20)15(3)6-12(22-10(2)19)14(23-13)17(15)8-21-17/h4,12-14,18H,5-8H2,1-3H3/t12?,13-,14-,15-,16-,17-/m1/s1. The number of hydrogen-bond donors (Lipinski definition) is 1. The van der Waals surface area contributed by atoms with Gasteiger partial charge >= 0.3 is 5.97 Å². The maximum Gasteiger partial charge on any atom is 0.302 e. The Bertz CT molecular complexity index is 621. The summed E-state index contributed by atoms with van der Waals surface area (Å²) in [6.07, 6.45) is 1.47. The van der Waals surface area contributed by atoms with Crippen molar-refractivity contribution in [3.8, 4) is 0 Å². The van der Waals surface area contributed by atoms with Crippen LogP contribution >= 0.6 is 0 Å². The monoisotopic (exact) mass is 322 g/mol. The number of esters is 1. The molecule has 2 heterocycles. The van der Waals surface area contributed by atoms with Crippen LogP contribution in [0.25, 0.3) is 0 Å². The second kappa shape index (κ2) is 4.43. The molecule has 6 nitrogen and oxygen atoms in total. The van der Waals surface area contributed by atoms with Gasteiger partial charge in [-0.3, -0.25) is 9.59 Å². The minimum absolute atomic E-state index is 0.0327. The van der Waals surface area contributed by atoms with E-state index in [0.29, 0.717) is 18.6 Å². The summed E-state index contributed by atoms with van der Waals surface area (Å²) in [4.78, 5) is 23.8. The van der Waals surface area contributed by atoms with Crippen LogP contribution in [-0.2, 0) is 23.8 Å². The Kier molecular flexibility index (Phi) is 2.95. The predicted octanol–water partition coefficient (Wildman–Crippen LogP) is 0.762. The maximum absolute atomic E-state index is 12.4. The van der Waals surface area contributed by atoms with Crippen molar-refractivity contribution in [1.29, 1.82) is 0 Å². The van der Waals surface area contributed by atoms with Gasteiger partial charge in [0.15, 0.2) is 5.78 Å². The number of allylic oxidation sites excluding steroid dienone is 1. The lowest BCUT2D eigenvalue weighted by molar-refractivity contribution is -0.217. The van der Waals surface area contributed by atoms with Crippen molar-refractivity contribution >= 4 is 11.8 Å². The summed E-state index contributed by atoms with van der Waals surface area (Å²) in [6.45, 7) is 5.56. The molecule has 0 aromatic heterocycles. The number of epoxide rings is 1. The molecule has 4 rings (SSSR count). The van der Waals surface area contributed by atoms with Crippen molar-refractivity contribution < 1.29 is 28.9 Å². The van der Waals surface area contributed by atoms with E-state index < -0.39 is 22.5 Å². The van der Waals surface area contributed by atoms with Crippen LogP contribution in [0.15, 0.2) is 11.6 Å². The number of aliphatic hydroxyl groups excluding tert-OH is 1. The summed E-state index contributed by atoms with van der Waals surface area (Å²) >= 11 is 0. The summed E-state index contributed by atoms with van der Waals surface area (Å²) in [5.74, 6) is -0.320. The number of Topliss-reactive ketones (excluding diaryl/α,β-unsaturated/α-hetero) is 1. The van der Waals surface area contributed by atoms with E-state index in [0.717, 1.165) is 0 Å². The van der Waals surface area contributed by atoms with Crippen molar-refractivity contribution in [3.05, 3.63) is 11.6 Å². The summed E-state index contributed by atoms with van der Waals surface area (Å²) in [7, 11) is 0. The Hall–Kier alpha value is -1.24. The van der Waals surface area contributed by atoms with E-state index in [2.05, 4.69) is 0 Å². The third-order valence-corrected chi connectivity index (χ3v) is 6.65. The van der Waals surface area contributed by atoms with Crippen LogP contribution in [-0.4, -0.2) is 54.0 Å². The Morgan fingerprint density at radius 1 is 1.52 bits per heavy atom. The van der Waals surface area contributed by atoms with Gasteiger partial charge in [-0.1, -0.05) is 6.92 Å². The first-order valence-corrected chi connectivity index (χ1v) is 8.09. The van der Waals surface area contributed by atoms with Gasteiger partial charge in [-0.05, 0) is 25.0 Å². The molecule has 1 saturated carbocycles. The number of aliphatic hydroxyl groups is 1. The molecule has 0 radical (unpaired) electrons. The molecule has 0 aromatic carbocycles. The van der Waals surface area contributed by atoms with Gasteiger partial charge in [-0.25, -0.2) is 0 Å².